The first-order valence-corrected chi connectivity index (χ1v) is 7.54. The summed E-state index contributed by atoms with van der Waals surface area (Å²) in [5, 5.41) is 9.59. The van der Waals surface area contributed by atoms with Gasteiger partial charge >= 0.3 is 5.97 Å². The Morgan fingerprint density at radius 3 is 2.77 bits per heavy atom. The van der Waals surface area contributed by atoms with E-state index >= 15 is 0 Å². The highest BCUT2D eigenvalue weighted by Crippen LogP contribution is 2.38. The Morgan fingerprint density at radius 2 is 2.14 bits per heavy atom. The quantitative estimate of drug-likeness (QED) is 0.906. The fraction of sp³-hybridized carbons (Fsp3) is 0.529. The molecule has 2 atom stereocenters. The molecule has 1 aliphatic heterocycles. The Labute approximate surface area is 130 Å². The second-order valence-corrected chi connectivity index (χ2v) is 5.80. The molecule has 0 bridgehead atoms. The maximum Gasteiger partial charge on any atom is 0.308 e. The van der Waals surface area contributed by atoms with E-state index in [9.17, 15) is 14.7 Å². The molecule has 1 aromatic rings. The summed E-state index contributed by atoms with van der Waals surface area (Å²) in [6, 6.07) is 5.43. The van der Waals surface area contributed by atoms with Crippen molar-refractivity contribution in [1.82, 2.24) is 4.90 Å². The van der Waals surface area contributed by atoms with Crippen molar-refractivity contribution in [2.24, 2.45) is 5.92 Å². The number of likely N-dealkylation sites (tertiary alicyclic amines) is 1. The summed E-state index contributed by atoms with van der Waals surface area (Å²) < 4.78 is 5.09. The minimum Gasteiger partial charge on any atom is -0.481 e. The van der Waals surface area contributed by atoms with Crippen molar-refractivity contribution in [3.63, 3.8) is 0 Å². The fourth-order valence-corrected chi connectivity index (χ4v) is 3.14. The number of methoxy groups -OCH3 is 1. The van der Waals surface area contributed by atoms with Gasteiger partial charge in [0, 0.05) is 20.1 Å². The van der Waals surface area contributed by atoms with Gasteiger partial charge in [-0.3, -0.25) is 9.59 Å². The summed E-state index contributed by atoms with van der Waals surface area (Å²) in [7, 11) is 1.58. The van der Waals surface area contributed by atoms with Gasteiger partial charge in [0.05, 0.1) is 18.6 Å². The van der Waals surface area contributed by atoms with Crippen molar-refractivity contribution in [2.45, 2.75) is 32.7 Å². The van der Waals surface area contributed by atoms with Gasteiger partial charge in [-0.2, -0.15) is 0 Å². The molecule has 0 saturated carbocycles. The molecule has 120 valence electrons. The van der Waals surface area contributed by atoms with Gasteiger partial charge in [0.2, 0.25) is 5.91 Å². The Bertz CT molecular complexity index is 570. The number of amides is 1. The first kappa shape index (κ1) is 16.5. The van der Waals surface area contributed by atoms with E-state index in [1.165, 1.54) is 0 Å². The van der Waals surface area contributed by atoms with Crippen LogP contribution in [0.1, 0.15) is 35.6 Å². The molecule has 1 fully saturated rings. The summed E-state index contributed by atoms with van der Waals surface area (Å²) in [6.07, 6.45) is 0.664. The van der Waals surface area contributed by atoms with Gasteiger partial charge in [0.25, 0.3) is 0 Å². The van der Waals surface area contributed by atoms with Crippen LogP contribution in [0.15, 0.2) is 18.2 Å². The fourth-order valence-electron chi connectivity index (χ4n) is 3.14. The van der Waals surface area contributed by atoms with Crippen molar-refractivity contribution in [1.29, 1.82) is 0 Å². The maximum absolute atomic E-state index is 12.3. The zero-order chi connectivity index (χ0) is 16.3. The third-order valence-electron chi connectivity index (χ3n) is 4.53. The number of carbonyl (C=O) groups is 2. The van der Waals surface area contributed by atoms with Crippen LogP contribution < -0.4 is 0 Å². The van der Waals surface area contributed by atoms with Gasteiger partial charge in [-0.25, -0.2) is 0 Å². The monoisotopic (exact) mass is 305 g/mol. The molecule has 1 aliphatic rings. The van der Waals surface area contributed by atoms with Crippen LogP contribution >= 0.6 is 0 Å². The zero-order valence-corrected chi connectivity index (χ0v) is 13.3. The number of ether oxygens (including phenoxy) is 1. The SMILES string of the molecule is COCCN1C(=O)CC[C@@H](C(=O)O)[C@H]1c1cccc(C)c1C. The number of aliphatic carboxylic acids is 1. The molecule has 0 spiro atoms. The number of benzene rings is 1. The molecule has 1 amide bonds. The molecule has 5 nitrogen and oxygen atoms in total. The van der Waals surface area contributed by atoms with Gasteiger partial charge in [-0.1, -0.05) is 18.2 Å². The third-order valence-corrected chi connectivity index (χ3v) is 4.53. The molecule has 2 rings (SSSR count). The van der Waals surface area contributed by atoms with Crippen LogP contribution in [0.3, 0.4) is 0 Å². The van der Waals surface area contributed by atoms with Crippen molar-refractivity contribution in [2.75, 3.05) is 20.3 Å². The molecule has 0 radical (unpaired) electrons. The van der Waals surface area contributed by atoms with Gasteiger partial charge in [-0.15, -0.1) is 0 Å². The molecule has 0 aromatic heterocycles. The molecular formula is C17H23NO4. The average Bonchev–Trinajstić information content (AvgIpc) is 2.48. The maximum atomic E-state index is 12.3. The van der Waals surface area contributed by atoms with Crippen molar-refractivity contribution in [3.8, 4) is 0 Å². The first-order chi connectivity index (χ1) is 10.5. The molecule has 1 heterocycles. The van der Waals surface area contributed by atoms with E-state index in [1.54, 1.807) is 12.0 Å². The Balaban J connectivity index is 2.47. The van der Waals surface area contributed by atoms with Gasteiger partial charge < -0.3 is 14.7 Å². The van der Waals surface area contributed by atoms with Crippen LogP contribution in [0.25, 0.3) is 0 Å². The number of carbonyl (C=O) groups excluding carboxylic acids is 1. The van der Waals surface area contributed by atoms with E-state index in [2.05, 4.69) is 0 Å². The van der Waals surface area contributed by atoms with E-state index in [4.69, 9.17) is 4.74 Å². The van der Waals surface area contributed by atoms with Crippen LogP contribution in [0.5, 0.6) is 0 Å². The highest BCUT2D eigenvalue weighted by molar-refractivity contribution is 5.82. The van der Waals surface area contributed by atoms with Crippen molar-refractivity contribution < 1.29 is 19.4 Å². The van der Waals surface area contributed by atoms with E-state index in [-0.39, 0.29) is 12.3 Å². The van der Waals surface area contributed by atoms with Crippen molar-refractivity contribution >= 4 is 11.9 Å². The lowest BCUT2D eigenvalue weighted by Gasteiger charge is -2.40. The average molecular weight is 305 g/mol. The molecule has 5 heteroatoms. The molecule has 1 N–H and O–H groups in total. The van der Waals surface area contributed by atoms with Crippen molar-refractivity contribution in [3.05, 3.63) is 34.9 Å². The molecule has 22 heavy (non-hydrogen) atoms. The van der Waals surface area contributed by atoms with E-state index in [0.29, 0.717) is 19.6 Å². The zero-order valence-electron chi connectivity index (χ0n) is 13.3. The van der Waals surface area contributed by atoms with E-state index in [0.717, 1.165) is 16.7 Å². The largest absolute Gasteiger partial charge is 0.481 e. The Hall–Kier alpha value is -1.88. The van der Waals surface area contributed by atoms with E-state index < -0.39 is 17.9 Å². The number of hydrogen-bond acceptors (Lipinski definition) is 3. The van der Waals surface area contributed by atoms with Gasteiger partial charge in [-0.05, 0) is 37.0 Å². The summed E-state index contributed by atoms with van der Waals surface area (Å²) in [6.45, 7) is 4.80. The molecule has 1 aromatic carbocycles. The van der Waals surface area contributed by atoms with E-state index in [1.807, 2.05) is 32.0 Å². The predicted octanol–water partition coefficient (Wildman–Crippen LogP) is 2.31. The smallest absolute Gasteiger partial charge is 0.308 e. The second-order valence-electron chi connectivity index (χ2n) is 5.80. The highest BCUT2D eigenvalue weighted by atomic mass is 16.5. The van der Waals surface area contributed by atoms with Crippen LogP contribution in [0.2, 0.25) is 0 Å². The summed E-state index contributed by atoms with van der Waals surface area (Å²) in [4.78, 5) is 25.7. The summed E-state index contributed by atoms with van der Waals surface area (Å²) in [5.74, 6) is -1.42. The number of nitrogens with zero attached hydrogens (tertiary/aromatic N) is 1. The molecule has 1 saturated heterocycles. The number of carboxylic acid groups (broad SMARTS) is 1. The van der Waals surface area contributed by atoms with Gasteiger partial charge in [0.1, 0.15) is 0 Å². The lowest BCUT2D eigenvalue weighted by atomic mass is 9.82. The Morgan fingerprint density at radius 1 is 1.41 bits per heavy atom. The minimum atomic E-state index is -0.846. The minimum absolute atomic E-state index is 0.000422. The second kappa shape index (κ2) is 6.92. The van der Waals surface area contributed by atoms with Crippen LogP contribution in [0.4, 0.5) is 0 Å². The van der Waals surface area contributed by atoms with Gasteiger partial charge in [0.15, 0.2) is 0 Å². The number of carboxylic acids is 1. The van der Waals surface area contributed by atoms with Crippen LogP contribution in [0, 0.1) is 19.8 Å². The molecule has 0 aliphatic carbocycles. The lowest BCUT2D eigenvalue weighted by Crippen LogP contribution is -2.46. The van der Waals surface area contributed by atoms with Crippen LogP contribution in [-0.2, 0) is 14.3 Å². The lowest BCUT2D eigenvalue weighted by molar-refractivity contribution is -0.152. The predicted molar refractivity (Wildman–Crippen MR) is 82.6 cm³/mol. The highest BCUT2D eigenvalue weighted by Gasteiger charge is 2.41. The normalized spacial score (nSPS) is 22.0. The number of rotatable bonds is 5. The Kier molecular flexibility index (Phi) is 5.19. The standard InChI is InChI=1S/C17H23NO4/c1-11-5-4-6-13(12(11)2)16-14(17(20)21)7-8-15(19)18(16)9-10-22-3/h4-6,14,16H,7-10H2,1-3H3,(H,20,21)/t14-,16-/m1/s1. The number of aryl methyl sites for hydroxylation is 1. The number of hydrogen-bond donors (Lipinski definition) is 1. The van der Waals surface area contributed by atoms with Crippen LogP contribution in [-0.4, -0.2) is 42.1 Å². The molecular weight excluding hydrogens is 282 g/mol. The topological polar surface area (TPSA) is 66.8 Å². The first-order valence-electron chi connectivity index (χ1n) is 7.54. The number of piperidine rings is 1. The third kappa shape index (κ3) is 3.14. The summed E-state index contributed by atoms with van der Waals surface area (Å²) in [5.41, 5.74) is 3.08. The summed E-state index contributed by atoms with van der Waals surface area (Å²) >= 11 is 0. The molecule has 0 unspecified atom stereocenters.